The van der Waals surface area contributed by atoms with Crippen LogP contribution in [0.15, 0.2) is 83.8 Å². The first-order chi connectivity index (χ1) is 15.5. The van der Waals surface area contributed by atoms with E-state index >= 15 is 0 Å². The Kier molecular flexibility index (Phi) is 5.45. The van der Waals surface area contributed by atoms with Crippen LogP contribution in [0.4, 0.5) is 5.95 Å². The fraction of sp³-hybridized carbons (Fsp3) is 0.240. The molecular formula is C25H26N4O2S. The Morgan fingerprint density at radius 2 is 1.47 bits per heavy atom. The van der Waals surface area contributed by atoms with Gasteiger partial charge in [-0.2, -0.15) is 4.31 Å². The highest BCUT2D eigenvalue weighted by Crippen LogP contribution is 2.26. The minimum Gasteiger partial charge on any atom is -0.340 e. The van der Waals surface area contributed by atoms with Crippen LogP contribution in [0.1, 0.15) is 11.1 Å². The van der Waals surface area contributed by atoms with Gasteiger partial charge in [0.05, 0.1) is 22.5 Å². The number of hydrogen-bond donors (Lipinski definition) is 0. The molecule has 0 radical (unpaired) electrons. The number of anilines is 1. The van der Waals surface area contributed by atoms with Crippen molar-refractivity contribution >= 4 is 27.0 Å². The zero-order valence-corrected chi connectivity index (χ0v) is 18.9. The first kappa shape index (κ1) is 20.7. The molecule has 32 heavy (non-hydrogen) atoms. The van der Waals surface area contributed by atoms with Gasteiger partial charge in [-0.15, -0.1) is 0 Å². The Hall–Kier alpha value is -3.16. The third kappa shape index (κ3) is 3.89. The number of aromatic nitrogens is 2. The molecule has 1 aromatic heterocycles. The number of rotatable bonds is 5. The van der Waals surface area contributed by atoms with Crippen LogP contribution in [-0.4, -0.2) is 48.5 Å². The van der Waals surface area contributed by atoms with Crippen molar-refractivity contribution in [3.8, 4) is 0 Å². The molecule has 2 heterocycles. The normalized spacial score (nSPS) is 15.3. The quantitative estimate of drug-likeness (QED) is 0.467. The summed E-state index contributed by atoms with van der Waals surface area (Å²) < 4.78 is 30.0. The van der Waals surface area contributed by atoms with Gasteiger partial charge in [0.15, 0.2) is 0 Å². The highest BCUT2D eigenvalue weighted by atomic mass is 32.2. The van der Waals surface area contributed by atoms with Gasteiger partial charge in [0.25, 0.3) is 0 Å². The maximum atomic E-state index is 13.1. The molecule has 5 rings (SSSR count). The average Bonchev–Trinajstić information content (AvgIpc) is 3.18. The summed E-state index contributed by atoms with van der Waals surface area (Å²) in [6.45, 7) is 4.75. The second-order valence-corrected chi connectivity index (χ2v) is 10.1. The molecule has 164 valence electrons. The molecule has 6 nitrogen and oxygen atoms in total. The van der Waals surface area contributed by atoms with Gasteiger partial charge in [0.2, 0.25) is 16.0 Å². The Bertz CT molecular complexity index is 1320. The number of aryl methyl sites for hydroxylation is 1. The molecule has 0 bridgehead atoms. The fourth-order valence-corrected chi connectivity index (χ4v) is 5.64. The molecule has 0 unspecified atom stereocenters. The van der Waals surface area contributed by atoms with Gasteiger partial charge in [-0.05, 0) is 36.8 Å². The maximum absolute atomic E-state index is 13.1. The lowest BCUT2D eigenvalue weighted by Gasteiger charge is -2.34. The van der Waals surface area contributed by atoms with E-state index < -0.39 is 10.0 Å². The van der Waals surface area contributed by atoms with E-state index in [2.05, 4.69) is 27.7 Å². The van der Waals surface area contributed by atoms with Crippen molar-refractivity contribution in [2.24, 2.45) is 0 Å². The predicted molar refractivity (Wildman–Crippen MR) is 127 cm³/mol. The Balaban J connectivity index is 1.40. The molecule has 1 aliphatic rings. The van der Waals surface area contributed by atoms with Gasteiger partial charge in [0.1, 0.15) is 0 Å². The summed E-state index contributed by atoms with van der Waals surface area (Å²) in [5.74, 6) is 0.891. The van der Waals surface area contributed by atoms with E-state index in [1.807, 2.05) is 55.5 Å². The number of benzene rings is 3. The molecule has 4 aromatic rings. The van der Waals surface area contributed by atoms with Gasteiger partial charge < -0.3 is 9.47 Å². The summed E-state index contributed by atoms with van der Waals surface area (Å²) in [7, 11) is -3.49. The summed E-state index contributed by atoms with van der Waals surface area (Å²) in [5.41, 5.74) is 4.29. The van der Waals surface area contributed by atoms with Gasteiger partial charge in [-0.25, -0.2) is 13.4 Å². The van der Waals surface area contributed by atoms with Crippen molar-refractivity contribution in [2.45, 2.75) is 18.4 Å². The first-order valence-corrected chi connectivity index (χ1v) is 12.3. The zero-order valence-electron chi connectivity index (χ0n) is 18.1. The number of sulfonamides is 1. The van der Waals surface area contributed by atoms with Crippen LogP contribution < -0.4 is 4.90 Å². The minimum absolute atomic E-state index is 0.355. The number of nitrogens with zero attached hydrogens (tertiary/aromatic N) is 4. The number of hydrogen-bond acceptors (Lipinski definition) is 4. The smallest absolute Gasteiger partial charge is 0.243 e. The van der Waals surface area contributed by atoms with E-state index in [1.54, 1.807) is 16.4 Å². The van der Waals surface area contributed by atoms with E-state index in [4.69, 9.17) is 4.98 Å². The number of fused-ring (bicyclic) bond motifs is 1. The topological polar surface area (TPSA) is 58.4 Å². The van der Waals surface area contributed by atoms with Crippen LogP contribution in [0, 0.1) is 6.92 Å². The van der Waals surface area contributed by atoms with E-state index in [0.29, 0.717) is 31.1 Å². The van der Waals surface area contributed by atoms with E-state index in [-0.39, 0.29) is 0 Å². The van der Waals surface area contributed by atoms with Gasteiger partial charge in [-0.1, -0.05) is 60.2 Å². The Morgan fingerprint density at radius 1 is 0.812 bits per heavy atom. The molecule has 0 saturated carbocycles. The minimum atomic E-state index is -3.49. The first-order valence-electron chi connectivity index (χ1n) is 10.8. The van der Waals surface area contributed by atoms with Crippen LogP contribution in [0.3, 0.4) is 0 Å². The van der Waals surface area contributed by atoms with Gasteiger partial charge >= 0.3 is 0 Å². The SMILES string of the molecule is Cc1ccc(S(=O)(=O)N2CCN(c3nc4ccccc4n3Cc3ccccc3)CC2)cc1. The van der Waals surface area contributed by atoms with Crippen molar-refractivity contribution in [1.82, 2.24) is 13.9 Å². The lowest BCUT2D eigenvalue weighted by atomic mass is 10.2. The lowest BCUT2D eigenvalue weighted by Crippen LogP contribution is -2.49. The molecule has 1 saturated heterocycles. The third-order valence-corrected chi connectivity index (χ3v) is 7.91. The molecule has 3 aromatic carbocycles. The summed E-state index contributed by atoms with van der Waals surface area (Å²) in [4.78, 5) is 7.46. The lowest BCUT2D eigenvalue weighted by molar-refractivity contribution is 0.381. The van der Waals surface area contributed by atoms with Crippen molar-refractivity contribution in [2.75, 3.05) is 31.1 Å². The zero-order chi connectivity index (χ0) is 22.1. The van der Waals surface area contributed by atoms with Crippen LogP contribution in [0.5, 0.6) is 0 Å². The van der Waals surface area contributed by atoms with Crippen LogP contribution in [0.2, 0.25) is 0 Å². The number of piperazine rings is 1. The third-order valence-electron chi connectivity index (χ3n) is 6.00. The number of imidazole rings is 1. The predicted octanol–water partition coefficient (Wildman–Crippen LogP) is 3.90. The van der Waals surface area contributed by atoms with Crippen molar-refractivity contribution in [3.63, 3.8) is 0 Å². The van der Waals surface area contributed by atoms with E-state index in [0.717, 1.165) is 29.1 Å². The second-order valence-electron chi connectivity index (χ2n) is 8.18. The van der Waals surface area contributed by atoms with Crippen molar-refractivity contribution in [3.05, 3.63) is 90.0 Å². The highest BCUT2D eigenvalue weighted by molar-refractivity contribution is 7.89. The summed E-state index contributed by atoms with van der Waals surface area (Å²) in [6.07, 6.45) is 0. The van der Waals surface area contributed by atoms with E-state index in [9.17, 15) is 8.42 Å². The van der Waals surface area contributed by atoms with Gasteiger partial charge in [-0.3, -0.25) is 0 Å². The standard InChI is InChI=1S/C25H26N4O2S/c1-20-11-13-22(14-12-20)32(30,31)28-17-15-27(16-18-28)25-26-23-9-5-6-10-24(23)29(25)19-21-7-3-2-4-8-21/h2-14H,15-19H2,1H3. The fourth-order valence-electron chi connectivity index (χ4n) is 4.21. The maximum Gasteiger partial charge on any atom is 0.243 e. The van der Waals surface area contributed by atoms with Crippen LogP contribution in [0.25, 0.3) is 11.0 Å². The molecule has 0 aliphatic carbocycles. The summed E-state index contributed by atoms with van der Waals surface area (Å²) in [5, 5.41) is 0. The molecule has 1 fully saturated rings. The molecule has 0 spiro atoms. The molecule has 1 aliphatic heterocycles. The molecule has 0 amide bonds. The van der Waals surface area contributed by atoms with Crippen molar-refractivity contribution in [1.29, 1.82) is 0 Å². The summed E-state index contributed by atoms with van der Waals surface area (Å²) >= 11 is 0. The molecule has 0 N–H and O–H groups in total. The Labute approximate surface area is 188 Å². The Morgan fingerprint density at radius 3 is 2.19 bits per heavy atom. The van der Waals surface area contributed by atoms with Crippen LogP contribution >= 0.6 is 0 Å². The molecule has 0 atom stereocenters. The molecule has 7 heteroatoms. The van der Waals surface area contributed by atoms with Crippen molar-refractivity contribution < 1.29 is 8.42 Å². The van der Waals surface area contributed by atoms with E-state index in [1.165, 1.54) is 5.56 Å². The largest absolute Gasteiger partial charge is 0.340 e. The van der Waals surface area contributed by atoms with Crippen LogP contribution in [-0.2, 0) is 16.6 Å². The molecular weight excluding hydrogens is 420 g/mol. The average molecular weight is 447 g/mol. The number of para-hydroxylation sites is 2. The van der Waals surface area contributed by atoms with Gasteiger partial charge in [0, 0.05) is 26.2 Å². The monoisotopic (exact) mass is 446 g/mol. The summed E-state index contributed by atoms with van der Waals surface area (Å²) in [6, 6.07) is 25.5. The highest BCUT2D eigenvalue weighted by Gasteiger charge is 2.30. The second kappa shape index (κ2) is 8.41.